The van der Waals surface area contributed by atoms with E-state index in [0.717, 1.165) is 0 Å². The number of halogens is 3. The van der Waals surface area contributed by atoms with Crippen molar-refractivity contribution in [3.8, 4) is 0 Å². The van der Waals surface area contributed by atoms with E-state index in [1.165, 1.54) is 25.3 Å². The number of para-hydroxylation sites is 1. The van der Waals surface area contributed by atoms with Gasteiger partial charge in [-0.25, -0.2) is 8.42 Å². The van der Waals surface area contributed by atoms with Crippen LogP contribution >= 0.6 is 0 Å². The van der Waals surface area contributed by atoms with Crippen molar-refractivity contribution in [3.63, 3.8) is 0 Å². The molecule has 0 saturated carbocycles. The molecule has 0 spiro atoms. The van der Waals surface area contributed by atoms with Crippen LogP contribution in [0.3, 0.4) is 0 Å². The van der Waals surface area contributed by atoms with Crippen LogP contribution in [0.5, 0.6) is 0 Å². The molecule has 8 heteroatoms. The Hall–Kier alpha value is -1.67. The van der Waals surface area contributed by atoms with E-state index < -0.39 is 22.2 Å². The zero-order valence-corrected chi connectivity index (χ0v) is 11.9. The standard InChI is InChI=1S/C13H13F3N2O2S/c1-2-11(13(14,15)16)18-21(19,20)10-7-3-5-9-6-4-8-17-12(9)10/h3-8,11,18H,2H2,1H3/t11-/m1/s1. The number of alkyl halides is 3. The molecule has 21 heavy (non-hydrogen) atoms. The third-order valence-electron chi connectivity index (χ3n) is 2.99. The zero-order chi connectivity index (χ0) is 15.7. The molecule has 0 unspecified atom stereocenters. The van der Waals surface area contributed by atoms with Crippen molar-refractivity contribution < 1.29 is 21.6 Å². The van der Waals surface area contributed by atoms with Gasteiger partial charge in [-0.2, -0.15) is 17.9 Å². The molecule has 0 aliphatic heterocycles. The molecule has 0 radical (unpaired) electrons. The quantitative estimate of drug-likeness (QED) is 0.943. The summed E-state index contributed by atoms with van der Waals surface area (Å²) in [7, 11) is -4.31. The molecular weight excluding hydrogens is 305 g/mol. The predicted molar refractivity (Wildman–Crippen MR) is 72.2 cm³/mol. The van der Waals surface area contributed by atoms with Crippen molar-refractivity contribution in [3.05, 3.63) is 36.5 Å². The van der Waals surface area contributed by atoms with Gasteiger partial charge >= 0.3 is 6.18 Å². The Morgan fingerprint density at radius 2 is 1.90 bits per heavy atom. The minimum Gasteiger partial charge on any atom is -0.255 e. The van der Waals surface area contributed by atoms with Crippen molar-refractivity contribution in [1.29, 1.82) is 0 Å². The lowest BCUT2D eigenvalue weighted by atomic mass is 10.2. The molecule has 0 bridgehead atoms. The summed E-state index contributed by atoms with van der Waals surface area (Å²) in [4.78, 5) is 3.68. The molecule has 114 valence electrons. The fourth-order valence-electron chi connectivity index (χ4n) is 1.93. The fourth-order valence-corrected chi connectivity index (χ4v) is 3.41. The fraction of sp³-hybridized carbons (Fsp3) is 0.308. The predicted octanol–water partition coefficient (Wildman–Crippen LogP) is 2.85. The lowest BCUT2D eigenvalue weighted by molar-refractivity contribution is -0.151. The summed E-state index contributed by atoms with van der Waals surface area (Å²) in [5.74, 6) is 0. The smallest absolute Gasteiger partial charge is 0.255 e. The number of pyridine rings is 1. The second-order valence-electron chi connectivity index (χ2n) is 4.46. The van der Waals surface area contributed by atoms with Crippen LogP contribution in [0.4, 0.5) is 13.2 Å². The van der Waals surface area contributed by atoms with E-state index in [-0.39, 0.29) is 16.8 Å². The van der Waals surface area contributed by atoms with Gasteiger partial charge in [0.1, 0.15) is 10.9 Å². The van der Waals surface area contributed by atoms with Gasteiger partial charge in [0.15, 0.2) is 0 Å². The summed E-state index contributed by atoms with van der Waals surface area (Å²) in [6.07, 6.45) is -3.64. The molecular formula is C13H13F3N2O2S. The van der Waals surface area contributed by atoms with E-state index in [1.807, 2.05) is 0 Å². The number of benzene rings is 1. The Kier molecular flexibility index (Phi) is 4.20. The van der Waals surface area contributed by atoms with Crippen molar-refractivity contribution in [2.45, 2.75) is 30.5 Å². The second-order valence-corrected chi connectivity index (χ2v) is 6.14. The van der Waals surface area contributed by atoms with Gasteiger partial charge in [0.05, 0.1) is 5.52 Å². The summed E-state index contributed by atoms with van der Waals surface area (Å²) in [6, 6.07) is 5.48. The van der Waals surface area contributed by atoms with E-state index >= 15 is 0 Å². The average molecular weight is 318 g/mol. The zero-order valence-electron chi connectivity index (χ0n) is 11.1. The van der Waals surface area contributed by atoms with E-state index in [1.54, 1.807) is 22.9 Å². The van der Waals surface area contributed by atoms with Gasteiger partial charge in [-0.15, -0.1) is 0 Å². The maximum Gasteiger partial charge on any atom is 0.404 e. The van der Waals surface area contributed by atoms with E-state index in [2.05, 4.69) is 4.98 Å². The van der Waals surface area contributed by atoms with E-state index in [4.69, 9.17) is 0 Å². The lowest BCUT2D eigenvalue weighted by Crippen LogP contribution is -2.44. The third kappa shape index (κ3) is 3.33. The number of hydrogen-bond donors (Lipinski definition) is 1. The summed E-state index contributed by atoms with van der Waals surface area (Å²) in [6.45, 7) is 1.27. The molecule has 2 aromatic rings. The van der Waals surface area contributed by atoms with Crippen LogP contribution in [-0.2, 0) is 10.0 Å². The van der Waals surface area contributed by atoms with Gasteiger partial charge in [0.2, 0.25) is 10.0 Å². The van der Waals surface area contributed by atoms with Crippen LogP contribution < -0.4 is 4.72 Å². The van der Waals surface area contributed by atoms with Gasteiger partial charge in [0.25, 0.3) is 0 Å². The Morgan fingerprint density at radius 3 is 2.52 bits per heavy atom. The molecule has 0 aliphatic carbocycles. The van der Waals surface area contributed by atoms with Crippen LogP contribution in [0.2, 0.25) is 0 Å². The molecule has 0 aliphatic rings. The highest BCUT2D eigenvalue weighted by molar-refractivity contribution is 7.89. The average Bonchev–Trinajstić information content (AvgIpc) is 2.43. The van der Waals surface area contributed by atoms with Crippen molar-refractivity contribution in [2.24, 2.45) is 0 Å². The Balaban J connectivity index is 2.48. The second kappa shape index (κ2) is 5.61. The molecule has 0 saturated heterocycles. The van der Waals surface area contributed by atoms with Crippen molar-refractivity contribution in [2.75, 3.05) is 0 Å². The topological polar surface area (TPSA) is 59.1 Å². The van der Waals surface area contributed by atoms with Gasteiger partial charge in [0, 0.05) is 11.6 Å². The molecule has 1 aromatic heterocycles. The highest BCUT2D eigenvalue weighted by Crippen LogP contribution is 2.26. The molecule has 0 amide bonds. The Bertz CT molecular complexity index is 739. The molecule has 1 atom stereocenters. The third-order valence-corrected chi connectivity index (χ3v) is 4.49. The summed E-state index contributed by atoms with van der Waals surface area (Å²) < 4.78 is 64.3. The molecule has 1 heterocycles. The minimum absolute atomic E-state index is 0.143. The monoisotopic (exact) mass is 318 g/mol. The summed E-state index contributed by atoms with van der Waals surface area (Å²) >= 11 is 0. The minimum atomic E-state index is -4.64. The first-order valence-corrected chi connectivity index (χ1v) is 7.67. The summed E-state index contributed by atoms with van der Waals surface area (Å²) in [5.41, 5.74) is 0.143. The largest absolute Gasteiger partial charge is 0.404 e. The number of rotatable bonds is 4. The van der Waals surface area contributed by atoms with Crippen LogP contribution in [0, 0.1) is 0 Å². The maximum atomic E-state index is 12.7. The Morgan fingerprint density at radius 1 is 1.24 bits per heavy atom. The normalized spacial score (nSPS) is 14.3. The van der Waals surface area contributed by atoms with Crippen LogP contribution in [-0.4, -0.2) is 25.6 Å². The van der Waals surface area contributed by atoms with Gasteiger partial charge < -0.3 is 0 Å². The summed E-state index contributed by atoms with van der Waals surface area (Å²) in [5, 5.41) is 0.542. The number of nitrogens with one attached hydrogen (secondary N) is 1. The lowest BCUT2D eigenvalue weighted by Gasteiger charge is -2.20. The number of aromatic nitrogens is 1. The SMILES string of the molecule is CC[C@@H](NS(=O)(=O)c1cccc2cccnc12)C(F)(F)F. The highest BCUT2D eigenvalue weighted by atomic mass is 32.2. The number of sulfonamides is 1. The first kappa shape index (κ1) is 15.7. The molecule has 1 N–H and O–H groups in total. The Labute approximate surface area is 120 Å². The molecule has 1 aromatic carbocycles. The van der Waals surface area contributed by atoms with Crippen LogP contribution in [0.1, 0.15) is 13.3 Å². The first-order valence-electron chi connectivity index (χ1n) is 6.18. The number of nitrogens with zero attached hydrogens (tertiary/aromatic N) is 1. The molecule has 4 nitrogen and oxygen atoms in total. The van der Waals surface area contributed by atoms with Gasteiger partial charge in [-0.05, 0) is 18.6 Å². The van der Waals surface area contributed by atoms with Crippen molar-refractivity contribution >= 4 is 20.9 Å². The van der Waals surface area contributed by atoms with Gasteiger partial charge in [-0.1, -0.05) is 25.1 Å². The van der Waals surface area contributed by atoms with Crippen molar-refractivity contribution in [1.82, 2.24) is 9.71 Å². The van der Waals surface area contributed by atoms with E-state index in [0.29, 0.717) is 5.39 Å². The van der Waals surface area contributed by atoms with Crippen LogP contribution in [0.15, 0.2) is 41.4 Å². The number of fused-ring (bicyclic) bond motifs is 1. The molecule has 2 rings (SSSR count). The number of hydrogen-bond acceptors (Lipinski definition) is 3. The first-order chi connectivity index (χ1) is 9.75. The van der Waals surface area contributed by atoms with Crippen LogP contribution in [0.25, 0.3) is 10.9 Å². The maximum absolute atomic E-state index is 12.7. The van der Waals surface area contributed by atoms with Gasteiger partial charge in [-0.3, -0.25) is 4.98 Å². The van der Waals surface area contributed by atoms with E-state index in [9.17, 15) is 21.6 Å². The molecule has 0 fully saturated rings. The highest BCUT2D eigenvalue weighted by Gasteiger charge is 2.41.